The zero-order chi connectivity index (χ0) is 31.6. The summed E-state index contributed by atoms with van der Waals surface area (Å²) in [4.78, 5) is 38.0. The zero-order valence-electron chi connectivity index (χ0n) is 26.0. The van der Waals surface area contributed by atoms with Crippen LogP contribution in [0.25, 0.3) is 11.1 Å². The fraction of sp³-hybridized carbons (Fsp3) is 0.382. The van der Waals surface area contributed by atoms with Gasteiger partial charge < -0.3 is 34.9 Å². The quantitative estimate of drug-likeness (QED) is 0.219. The van der Waals surface area contributed by atoms with E-state index in [9.17, 15) is 14.4 Å². The molecular formula is C34H41N3O7. The molecule has 0 saturated heterocycles. The number of nitrogens with one attached hydrogen (secondary N) is 3. The van der Waals surface area contributed by atoms with E-state index >= 15 is 0 Å². The molecule has 0 fully saturated rings. The van der Waals surface area contributed by atoms with Crippen molar-refractivity contribution >= 4 is 23.2 Å². The molecule has 10 heteroatoms. The molecule has 0 saturated carbocycles. The predicted molar refractivity (Wildman–Crippen MR) is 171 cm³/mol. The fourth-order valence-electron chi connectivity index (χ4n) is 5.62. The lowest BCUT2D eigenvalue weighted by atomic mass is 9.95. The molecule has 0 aliphatic heterocycles. The third-order valence-corrected chi connectivity index (χ3v) is 7.69. The maximum Gasteiger partial charge on any atom is 0.224 e. The summed E-state index contributed by atoms with van der Waals surface area (Å²) in [6.07, 6.45) is 3.91. The van der Waals surface area contributed by atoms with Crippen LogP contribution >= 0.6 is 0 Å². The number of para-hydroxylation sites is 2. The lowest BCUT2D eigenvalue weighted by Gasteiger charge is -2.19. The Balaban J connectivity index is 1.50. The van der Waals surface area contributed by atoms with E-state index in [0.29, 0.717) is 72.2 Å². The van der Waals surface area contributed by atoms with Gasteiger partial charge in [0.2, 0.25) is 23.0 Å². The Bertz CT molecular complexity index is 1560. The minimum Gasteiger partial charge on any atom is -0.495 e. The number of unbranched alkanes of at least 4 members (excludes halogenated alkanes) is 2. The lowest BCUT2D eigenvalue weighted by Crippen LogP contribution is -2.26. The number of anilines is 2. The molecule has 10 nitrogen and oxygen atoms in total. The summed E-state index contributed by atoms with van der Waals surface area (Å²) in [6.45, 7) is 2.04. The number of ether oxygens (including phenoxy) is 4. The van der Waals surface area contributed by atoms with Crippen molar-refractivity contribution in [1.29, 1.82) is 0 Å². The molecular weight excluding hydrogens is 562 g/mol. The van der Waals surface area contributed by atoms with E-state index in [-0.39, 0.29) is 23.3 Å². The van der Waals surface area contributed by atoms with E-state index in [1.54, 1.807) is 52.7 Å². The van der Waals surface area contributed by atoms with Gasteiger partial charge in [0.05, 0.1) is 45.9 Å². The molecule has 0 radical (unpaired) electrons. The molecule has 4 rings (SSSR count). The second-order valence-electron chi connectivity index (χ2n) is 10.6. The van der Waals surface area contributed by atoms with Gasteiger partial charge in [0, 0.05) is 25.5 Å². The number of aryl methyl sites for hydroxylation is 1. The van der Waals surface area contributed by atoms with Crippen LogP contribution in [0.5, 0.6) is 23.0 Å². The molecule has 0 aromatic heterocycles. The van der Waals surface area contributed by atoms with E-state index in [1.807, 2.05) is 24.3 Å². The summed E-state index contributed by atoms with van der Waals surface area (Å²) in [7, 11) is 6.28. The second kappa shape index (κ2) is 15.1. The molecule has 44 heavy (non-hydrogen) atoms. The molecule has 0 spiro atoms. The van der Waals surface area contributed by atoms with Gasteiger partial charge >= 0.3 is 0 Å². The van der Waals surface area contributed by atoms with Gasteiger partial charge in [-0.3, -0.25) is 14.4 Å². The minimum absolute atomic E-state index is 0.0698. The number of carbonyl (C=O) groups is 2. The highest BCUT2D eigenvalue weighted by molar-refractivity contribution is 5.92. The molecule has 3 N–H and O–H groups in total. The number of amides is 2. The summed E-state index contributed by atoms with van der Waals surface area (Å²) in [5.41, 5.74) is 4.19. The number of fused-ring (bicyclic) bond motifs is 3. The third kappa shape index (κ3) is 7.42. The summed E-state index contributed by atoms with van der Waals surface area (Å²) in [6, 6.07) is 14.1. The van der Waals surface area contributed by atoms with E-state index in [1.165, 1.54) is 6.92 Å². The number of rotatable bonds is 13. The van der Waals surface area contributed by atoms with E-state index in [2.05, 4.69) is 16.0 Å². The summed E-state index contributed by atoms with van der Waals surface area (Å²) < 4.78 is 22.4. The van der Waals surface area contributed by atoms with Crippen LogP contribution in [0.15, 0.2) is 53.3 Å². The average Bonchev–Trinajstić information content (AvgIpc) is 3.26. The Morgan fingerprint density at radius 2 is 1.59 bits per heavy atom. The zero-order valence-corrected chi connectivity index (χ0v) is 26.0. The molecule has 0 heterocycles. The molecule has 3 aromatic rings. The van der Waals surface area contributed by atoms with Gasteiger partial charge in [-0.15, -0.1) is 0 Å². The molecule has 3 aromatic carbocycles. The van der Waals surface area contributed by atoms with E-state index in [0.717, 1.165) is 29.5 Å². The molecule has 1 aliphatic rings. The van der Waals surface area contributed by atoms with Crippen molar-refractivity contribution in [3.05, 3.63) is 69.9 Å². The number of methoxy groups -OCH3 is 4. The molecule has 1 unspecified atom stereocenters. The smallest absolute Gasteiger partial charge is 0.224 e. The van der Waals surface area contributed by atoms with Crippen molar-refractivity contribution in [2.45, 2.75) is 51.5 Å². The van der Waals surface area contributed by atoms with Crippen molar-refractivity contribution in [3.8, 4) is 34.1 Å². The molecule has 0 bridgehead atoms. The molecule has 2 amide bonds. The van der Waals surface area contributed by atoms with Crippen LogP contribution in [0.1, 0.15) is 56.2 Å². The van der Waals surface area contributed by atoms with Gasteiger partial charge in [-0.05, 0) is 72.7 Å². The van der Waals surface area contributed by atoms with Crippen LogP contribution in [0.3, 0.4) is 0 Å². The average molecular weight is 604 g/mol. The minimum atomic E-state index is -0.369. The van der Waals surface area contributed by atoms with Gasteiger partial charge in [-0.1, -0.05) is 24.6 Å². The topological polar surface area (TPSA) is 124 Å². The van der Waals surface area contributed by atoms with Crippen molar-refractivity contribution in [2.75, 3.05) is 45.6 Å². The van der Waals surface area contributed by atoms with Crippen molar-refractivity contribution in [3.63, 3.8) is 0 Å². The molecule has 1 atom stereocenters. The molecule has 234 valence electrons. The Kier molecular flexibility index (Phi) is 11.1. The van der Waals surface area contributed by atoms with Gasteiger partial charge in [0.25, 0.3) is 0 Å². The Labute approximate surface area is 258 Å². The summed E-state index contributed by atoms with van der Waals surface area (Å²) in [5.74, 6) is 1.89. The third-order valence-electron chi connectivity index (χ3n) is 7.69. The van der Waals surface area contributed by atoms with Gasteiger partial charge in [0.1, 0.15) is 5.75 Å². The van der Waals surface area contributed by atoms with Crippen molar-refractivity contribution in [2.24, 2.45) is 0 Å². The number of hydrogen-bond donors (Lipinski definition) is 3. The van der Waals surface area contributed by atoms with Crippen molar-refractivity contribution < 1.29 is 28.5 Å². The monoisotopic (exact) mass is 603 g/mol. The van der Waals surface area contributed by atoms with Gasteiger partial charge in [0.15, 0.2) is 11.5 Å². The Morgan fingerprint density at radius 3 is 2.30 bits per heavy atom. The van der Waals surface area contributed by atoms with Crippen LogP contribution in [0.4, 0.5) is 11.4 Å². The summed E-state index contributed by atoms with van der Waals surface area (Å²) >= 11 is 0. The van der Waals surface area contributed by atoms with Crippen LogP contribution < -0.4 is 40.3 Å². The van der Waals surface area contributed by atoms with Crippen LogP contribution in [0.2, 0.25) is 0 Å². The van der Waals surface area contributed by atoms with Crippen LogP contribution in [-0.4, -0.2) is 46.8 Å². The first-order valence-corrected chi connectivity index (χ1v) is 14.8. The molecule has 1 aliphatic carbocycles. The van der Waals surface area contributed by atoms with Gasteiger partial charge in [-0.25, -0.2) is 0 Å². The summed E-state index contributed by atoms with van der Waals surface area (Å²) in [5, 5.41) is 9.19. The standard InChI is InChI=1S/C34H41N3O7/c1-21(38)36-25-16-14-22-19-30(42-3)33(43-4)34(44-5)32(22)23-15-17-26(28(39)20-24(23)25)35-18-10-6-7-13-31(40)37-27-11-8-9-12-29(27)41-2/h8-9,11-12,15,17,19-20,25H,6-7,10,13-14,16,18H2,1-5H3,(H,35,39)(H,36,38)(H,37,40). The maximum absolute atomic E-state index is 13.4. The highest BCUT2D eigenvalue weighted by atomic mass is 16.5. The lowest BCUT2D eigenvalue weighted by molar-refractivity contribution is -0.119. The van der Waals surface area contributed by atoms with Gasteiger partial charge in [-0.2, -0.15) is 0 Å². The number of carbonyl (C=O) groups excluding carboxylic acids is 2. The Hall–Kier alpha value is -4.73. The first kappa shape index (κ1) is 32.2. The van der Waals surface area contributed by atoms with Crippen LogP contribution in [-0.2, 0) is 16.0 Å². The SMILES string of the molecule is COc1ccccc1NC(=O)CCCCCNc1ccc2c(cc1=O)C(NC(C)=O)CCc1cc(OC)c(OC)c(OC)c1-2. The largest absolute Gasteiger partial charge is 0.495 e. The van der Waals surface area contributed by atoms with Crippen molar-refractivity contribution in [1.82, 2.24) is 5.32 Å². The first-order valence-electron chi connectivity index (χ1n) is 14.8. The second-order valence-corrected chi connectivity index (χ2v) is 10.6. The van der Waals surface area contributed by atoms with E-state index in [4.69, 9.17) is 18.9 Å². The highest BCUT2D eigenvalue weighted by Gasteiger charge is 2.29. The number of benzene rings is 2. The Morgan fingerprint density at radius 1 is 0.841 bits per heavy atom. The highest BCUT2D eigenvalue weighted by Crippen LogP contribution is 2.50. The van der Waals surface area contributed by atoms with Crippen LogP contribution in [0, 0.1) is 0 Å². The normalized spacial score (nSPS) is 13.4. The first-order chi connectivity index (χ1) is 21.3. The fourth-order valence-corrected chi connectivity index (χ4v) is 5.62. The van der Waals surface area contributed by atoms with E-state index < -0.39 is 0 Å². The maximum atomic E-state index is 13.4. The number of hydrogen-bond acceptors (Lipinski definition) is 8. The predicted octanol–water partition coefficient (Wildman–Crippen LogP) is 5.48.